The van der Waals surface area contributed by atoms with Gasteiger partial charge in [-0.3, -0.25) is 9.59 Å². The maximum Gasteiger partial charge on any atom is 0.252 e. The van der Waals surface area contributed by atoms with Crippen LogP contribution in [-0.2, 0) is 4.79 Å². The van der Waals surface area contributed by atoms with E-state index in [-0.39, 0.29) is 11.8 Å². The van der Waals surface area contributed by atoms with Gasteiger partial charge in [-0.25, -0.2) is 0 Å². The summed E-state index contributed by atoms with van der Waals surface area (Å²) >= 11 is 0. The zero-order chi connectivity index (χ0) is 17.9. The maximum absolute atomic E-state index is 12.5. The summed E-state index contributed by atoms with van der Waals surface area (Å²) in [6, 6.07) is 15.8. The molecule has 3 rings (SSSR count). The zero-order valence-corrected chi connectivity index (χ0v) is 13.5. The minimum atomic E-state index is -1.20. The Morgan fingerprint density at radius 3 is 2.48 bits per heavy atom. The molecule has 2 aromatic carbocycles. The van der Waals surface area contributed by atoms with Crippen LogP contribution in [0.3, 0.4) is 0 Å². The van der Waals surface area contributed by atoms with Crippen LogP contribution in [0.2, 0.25) is 0 Å². The van der Waals surface area contributed by atoms with Gasteiger partial charge in [0.05, 0.1) is 7.11 Å². The summed E-state index contributed by atoms with van der Waals surface area (Å²) in [5, 5.41) is 5.98. The van der Waals surface area contributed by atoms with Gasteiger partial charge >= 0.3 is 0 Å². The van der Waals surface area contributed by atoms with E-state index in [1.54, 1.807) is 49.6 Å². The summed E-state index contributed by atoms with van der Waals surface area (Å²) in [4.78, 5) is 27.4. The summed E-state index contributed by atoms with van der Waals surface area (Å²) in [5.74, 6) is -0.605. The van der Waals surface area contributed by atoms with Gasteiger partial charge in [0, 0.05) is 16.4 Å². The van der Waals surface area contributed by atoms with Gasteiger partial charge in [-0.2, -0.15) is 0 Å². The van der Waals surface area contributed by atoms with Crippen molar-refractivity contribution in [1.29, 1.82) is 0 Å². The smallest absolute Gasteiger partial charge is 0.252 e. The number of methoxy groups -OCH3 is 1. The third-order valence-corrected chi connectivity index (χ3v) is 4.37. The molecular formula is C18H16N4O3. The first-order valence-corrected chi connectivity index (χ1v) is 7.72. The number of amides is 2. The van der Waals surface area contributed by atoms with Crippen LogP contribution >= 0.6 is 0 Å². The van der Waals surface area contributed by atoms with Crippen LogP contribution in [0.15, 0.2) is 59.7 Å². The summed E-state index contributed by atoms with van der Waals surface area (Å²) in [7, 11) is 1.57. The molecule has 0 radical (unpaired) electrons. The molecule has 1 aliphatic carbocycles. The molecule has 0 aliphatic heterocycles. The number of nitrogens with one attached hydrogen (secondary N) is 1. The molecule has 0 saturated heterocycles. The molecule has 2 aromatic rings. The molecule has 0 bridgehead atoms. The molecule has 1 saturated carbocycles. The van der Waals surface area contributed by atoms with Gasteiger partial charge in [0.2, 0.25) is 5.91 Å². The van der Waals surface area contributed by atoms with E-state index in [9.17, 15) is 9.59 Å². The van der Waals surface area contributed by atoms with E-state index in [4.69, 9.17) is 10.3 Å². The van der Waals surface area contributed by atoms with Crippen LogP contribution in [0.25, 0.3) is 10.4 Å². The lowest BCUT2D eigenvalue weighted by Crippen LogP contribution is -2.43. The molecule has 0 heterocycles. The van der Waals surface area contributed by atoms with Crippen molar-refractivity contribution in [3.8, 4) is 5.75 Å². The van der Waals surface area contributed by atoms with Gasteiger partial charge in [0.1, 0.15) is 11.3 Å². The maximum atomic E-state index is 12.5. The van der Waals surface area contributed by atoms with E-state index in [1.165, 1.54) is 0 Å². The molecule has 1 aliphatic rings. The van der Waals surface area contributed by atoms with Crippen LogP contribution in [0.5, 0.6) is 5.75 Å². The Morgan fingerprint density at radius 1 is 1.20 bits per heavy atom. The van der Waals surface area contributed by atoms with Gasteiger partial charge < -0.3 is 10.1 Å². The quantitative estimate of drug-likeness (QED) is 0.515. The fourth-order valence-corrected chi connectivity index (χ4v) is 2.92. The van der Waals surface area contributed by atoms with Crippen LogP contribution in [0, 0.1) is 0 Å². The zero-order valence-electron chi connectivity index (χ0n) is 13.5. The number of carbonyl (C=O) groups excluding carboxylic acids is 2. The fraction of sp³-hybridized carbons (Fsp3) is 0.222. The molecule has 2 amide bonds. The van der Waals surface area contributed by atoms with Gasteiger partial charge in [0.15, 0.2) is 0 Å². The second kappa shape index (κ2) is 6.67. The predicted octanol–water partition coefficient (Wildman–Crippen LogP) is 3.19. The van der Waals surface area contributed by atoms with E-state index in [0.29, 0.717) is 17.7 Å². The van der Waals surface area contributed by atoms with Crippen molar-refractivity contribution in [2.24, 2.45) is 5.11 Å². The van der Waals surface area contributed by atoms with Crippen LogP contribution < -0.4 is 10.1 Å². The van der Waals surface area contributed by atoms with Gasteiger partial charge in [-0.05, 0) is 46.9 Å². The van der Waals surface area contributed by atoms with Gasteiger partial charge in [-0.15, -0.1) is 0 Å². The average Bonchev–Trinajstić information content (AvgIpc) is 3.38. The Morgan fingerprint density at radius 2 is 1.88 bits per heavy atom. The average molecular weight is 336 g/mol. The van der Waals surface area contributed by atoms with E-state index in [2.05, 4.69) is 15.3 Å². The van der Waals surface area contributed by atoms with Gasteiger partial charge in [-0.1, -0.05) is 30.3 Å². The van der Waals surface area contributed by atoms with Gasteiger partial charge in [0.25, 0.3) is 5.91 Å². The summed E-state index contributed by atoms with van der Waals surface area (Å²) in [5.41, 5.74) is 8.72. The van der Waals surface area contributed by atoms with Crippen molar-refractivity contribution in [2.75, 3.05) is 7.11 Å². The third-order valence-electron chi connectivity index (χ3n) is 4.37. The lowest BCUT2D eigenvalue weighted by molar-refractivity contribution is -0.120. The number of benzene rings is 2. The SMILES string of the molecule is COc1ccc(C2CC2(NC(=O)c2ccccc2)C(=O)N=[N+]=[N-])cc1. The van der Waals surface area contributed by atoms with Crippen molar-refractivity contribution in [1.82, 2.24) is 5.32 Å². The molecule has 1 fully saturated rings. The third kappa shape index (κ3) is 3.18. The van der Waals surface area contributed by atoms with Crippen molar-refractivity contribution in [3.05, 3.63) is 76.2 Å². The molecule has 0 spiro atoms. The first-order chi connectivity index (χ1) is 12.1. The van der Waals surface area contributed by atoms with Crippen molar-refractivity contribution in [3.63, 3.8) is 0 Å². The fourth-order valence-electron chi connectivity index (χ4n) is 2.92. The number of ether oxygens (including phenoxy) is 1. The first kappa shape index (κ1) is 16.5. The topological polar surface area (TPSA) is 104 Å². The number of azide groups is 1. The Labute approximate surface area is 144 Å². The molecule has 1 N–H and O–H groups in total. The molecule has 2 atom stereocenters. The van der Waals surface area contributed by atoms with E-state index >= 15 is 0 Å². The Bertz CT molecular complexity index is 844. The molecule has 2 unspecified atom stereocenters. The first-order valence-electron chi connectivity index (χ1n) is 7.72. The Balaban J connectivity index is 1.87. The molecular weight excluding hydrogens is 320 g/mol. The van der Waals surface area contributed by atoms with Crippen molar-refractivity contribution in [2.45, 2.75) is 17.9 Å². The highest BCUT2D eigenvalue weighted by Gasteiger charge is 2.61. The largest absolute Gasteiger partial charge is 0.497 e. The highest BCUT2D eigenvalue weighted by molar-refractivity contribution is 6.02. The molecule has 7 nitrogen and oxygen atoms in total. The monoisotopic (exact) mass is 336 g/mol. The molecule has 126 valence electrons. The standard InChI is InChI=1S/C18H16N4O3/c1-25-14-9-7-12(8-10-14)15-11-18(15,17(24)21-22-19)20-16(23)13-5-3-2-4-6-13/h2-10,15H,11H2,1H3,(H,20,23). The highest BCUT2D eigenvalue weighted by atomic mass is 16.5. The summed E-state index contributed by atoms with van der Waals surface area (Å²) in [6.45, 7) is 0. The number of hydrogen-bond acceptors (Lipinski definition) is 3. The number of rotatable bonds is 5. The minimum absolute atomic E-state index is 0.246. The predicted molar refractivity (Wildman–Crippen MR) is 91.1 cm³/mol. The van der Waals surface area contributed by atoms with Crippen molar-refractivity contribution < 1.29 is 14.3 Å². The summed E-state index contributed by atoms with van der Waals surface area (Å²) in [6.07, 6.45) is 0.385. The second-order valence-corrected chi connectivity index (χ2v) is 5.82. The molecule has 25 heavy (non-hydrogen) atoms. The van der Waals surface area contributed by atoms with Crippen LogP contribution in [0.1, 0.15) is 28.3 Å². The summed E-state index contributed by atoms with van der Waals surface area (Å²) < 4.78 is 5.13. The second-order valence-electron chi connectivity index (χ2n) is 5.82. The lowest BCUT2D eigenvalue weighted by atomic mass is 10.0. The Hall–Kier alpha value is -3.31. The number of hydrogen-bond donors (Lipinski definition) is 1. The molecule has 7 heteroatoms. The van der Waals surface area contributed by atoms with E-state index in [1.807, 2.05) is 12.1 Å². The highest BCUT2D eigenvalue weighted by Crippen LogP contribution is 2.52. The number of carbonyl (C=O) groups is 2. The van der Waals surface area contributed by atoms with Crippen LogP contribution in [0.4, 0.5) is 0 Å². The molecule has 0 aromatic heterocycles. The van der Waals surface area contributed by atoms with E-state index in [0.717, 1.165) is 5.56 Å². The Kier molecular flexibility index (Phi) is 4.41. The lowest BCUT2D eigenvalue weighted by Gasteiger charge is -2.16. The van der Waals surface area contributed by atoms with E-state index < -0.39 is 11.4 Å². The normalized spacial score (nSPS) is 20.9. The van der Waals surface area contributed by atoms with Crippen molar-refractivity contribution >= 4 is 11.8 Å². The minimum Gasteiger partial charge on any atom is -0.497 e. The number of nitrogens with zero attached hydrogens (tertiary/aromatic N) is 3. The van der Waals surface area contributed by atoms with Crippen LogP contribution in [-0.4, -0.2) is 24.5 Å².